The minimum Gasteiger partial charge on any atom is -0.465 e. The molecule has 142 valence electrons. The third-order valence-electron chi connectivity index (χ3n) is 4.07. The van der Waals surface area contributed by atoms with Crippen molar-refractivity contribution in [1.29, 1.82) is 0 Å². The fourth-order valence-electron chi connectivity index (χ4n) is 2.68. The second-order valence-electron chi connectivity index (χ2n) is 5.88. The molecule has 1 N–H and O–H groups in total. The van der Waals surface area contributed by atoms with Crippen molar-refractivity contribution in [1.82, 2.24) is 9.97 Å². The number of ether oxygens (including phenoxy) is 1. The SMILES string of the molecule is CCN(C(=O)c1cnc(Nc2cccc(C(=O)OC)c2)nc1)c1ccccc1. The van der Waals surface area contributed by atoms with E-state index in [1.54, 1.807) is 29.2 Å². The molecule has 7 nitrogen and oxygen atoms in total. The monoisotopic (exact) mass is 376 g/mol. The van der Waals surface area contributed by atoms with Crippen LogP contribution < -0.4 is 10.2 Å². The predicted molar refractivity (Wildman–Crippen MR) is 107 cm³/mol. The van der Waals surface area contributed by atoms with Gasteiger partial charge < -0.3 is 15.0 Å². The molecule has 2 aromatic carbocycles. The molecule has 1 heterocycles. The van der Waals surface area contributed by atoms with E-state index in [9.17, 15) is 9.59 Å². The zero-order valence-corrected chi connectivity index (χ0v) is 15.6. The summed E-state index contributed by atoms with van der Waals surface area (Å²) in [6.07, 6.45) is 2.96. The van der Waals surface area contributed by atoms with Crippen LogP contribution in [-0.4, -0.2) is 35.5 Å². The number of hydrogen-bond acceptors (Lipinski definition) is 6. The number of carbonyl (C=O) groups excluding carboxylic acids is 2. The minimum atomic E-state index is -0.425. The molecule has 0 unspecified atom stereocenters. The molecule has 7 heteroatoms. The maximum atomic E-state index is 12.8. The van der Waals surface area contributed by atoms with E-state index < -0.39 is 5.97 Å². The molecule has 1 aromatic heterocycles. The number of para-hydroxylation sites is 1. The maximum Gasteiger partial charge on any atom is 0.337 e. The van der Waals surface area contributed by atoms with Gasteiger partial charge in [0.05, 0.1) is 18.2 Å². The molecule has 0 saturated carbocycles. The van der Waals surface area contributed by atoms with Crippen LogP contribution in [0.1, 0.15) is 27.6 Å². The fourth-order valence-corrected chi connectivity index (χ4v) is 2.68. The Morgan fingerprint density at radius 1 is 1.00 bits per heavy atom. The van der Waals surface area contributed by atoms with Crippen LogP contribution in [0.25, 0.3) is 0 Å². The van der Waals surface area contributed by atoms with Crippen LogP contribution in [0.2, 0.25) is 0 Å². The first-order valence-corrected chi connectivity index (χ1v) is 8.76. The van der Waals surface area contributed by atoms with Crippen LogP contribution in [-0.2, 0) is 4.74 Å². The Bertz CT molecular complexity index is 959. The number of benzene rings is 2. The number of carbonyl (C=O) groups is 2. The molecule has 0 aliphatic heterocycles. The van der Waals surface area contributed by atoms with E-state index in [1.807, 2.05) is 37.3 Å². The number of amides is 1. The molecule has 28 heavy (non-hydrogen) atoms. The lowest BCUT2D eigenvalue weighted by Crippen LogP contribution is -2.30. The number of methoxy groups -OCH3 is 1. The second kappa shape index (κ2) is 8.77. The van der Waals surface area contributed by atoms with Gasteiger partial charge in [-0.2, -0.15) is 0 Å². The Labute approximate surface area is 163 Å². The number of nitrogens with one attached hydrogen (secondary N) is 1. The van der Waals surface area contributed by atoms with Crippen LogP contribution in [0.3, 0.4) is 0 Å². The Morgan fingerprint density at radius 2 is 1.71 bits per heavy atom. The van der Waals surface area contributed by atoms with Crippen molar-refractivity contribution < 1.29 is 14.3 Å². The van der Waals surface area contributed by atoms with Crippen LogP contribution in [0.5, 0.6) is 0 Å². The number of nitrogens with zero attached hydrogens (tertiary/aromatic N) is 3. The summed E-state index contributed by atoms with van der Waals surface area (Å²) in [4.78, 5) is 34.5. The Morgan fingerprint density at radius 3 is 2.36 bits per heavy atom. The number of anilines is 3. The van der Waals surface area contributed by atoms with Gasteiger partial charge in [-0.1, -0.05) is 24.3 Å². The highest BCUT2D eigenvalue weighted by atomic mass is 16.5. The summed E-state index contributed by atoms with van der Waals surface area (Å²) in [5, 5.41) is 3.01. The van der Waals surface area contributed by atoms with E-state index in [-0.39, 0.29) is 5.91 Å². The van der Waals surface area contributed by atoms with Crippen LogP contribution in [0.4, 0.5) is 17.3 Å². The summed E-state index contributed by atoms with van der Waals surface area (Å²) >= 11 is 0. The van der Waals surface area contributed by atoms with Crippen molar-refractivity contribution in [3.63, 3.8) is 0 Å². The van der Waals surface area contributed by atoms with Crippen LogP contribution in [0, 0.1) is 0 Å². The number of esters is 1. The van der Waals surface area contributed by atoms with Crippen LogP contribution >= 0.6 is 0 Å². The van der Waals surface area contributed by atoms with Gasteiger partial charge in [0, 0.05) is 30.3 Å². The predicted octanol–water partition coefficient (Wildman–Crippen LogP) is 3.67. The molecule has 3 rings (SSSR count). The summed E-state index contributed by atoms with van der Waals surface area (Å²) in [6.45, 7) is 2.44. The van der Waals surface area contributed by atoms with Gasteiger partial charge in [-0.25, -0.2) is 14.8 Å². The first kappa shape index (κ1) is 19.0. The average Bonchev–Trinajstić information content (AvgIpc) is 2.75. The van der Waals surface area contributed by atoms with Gasteiger partial charge in [-0.3, -0.25) is 4.79 Å². The lowest BCUT2D eigenvalue weighted by molar-refractivity contribution is 0.0600. The van der Waals surface area contributed by atoms with Crippen molar-refractivity contribution in [2.24, 2.45) is 0 Å². The van der Waals surface area contributed by atoms with Gasteiger partial charge in [0.1, 0.15) is 0 Å². The zero-order chi connectivity index (χ0) is 19.9. The molecule has 0 aliphatic rings. The summed E-state index contributed by atoms with van der Waals surface area (Å²) < 4.78 is 4.71. The standard InChI is InChI=1S/C21H20N4O3/c1-3-25(18-10-5-4-6-11-18)19(26)16-13-22-21(23-14-16)24-17-9-7-8-15(12-17)20(27)28-2/h4-14H,3H2,1-2H3,(H,22,23,24). The Balaban J connectivity index is 1.74. The molecular formula is C21H20N4O3. The molecule has 0 atom stereocenters. The molecular weight excluding hydrogens is 356 g/mol. The van der Waals surface area contributed by atoms with Gasteiger partial charge in [0.2, 0.25) is 5.95 Å². The Kier molecular flexibility index (Phi) is 5.96. The fraction of sp³-hybridized carbons (Fsp3) is 0.143. The van der Waals surface area contributed by atoms with E-state index in [0.717, 1.165) is 5.69 Å². The summed E-state index contributed by atoms with van der Waals surface area (Å²) in [6, 6.07) is 16.2. The molecule has 0 aliphatic carbocycles. The van der Waals surface area contributed by atoms with Crippen molar-refractivity contribution in [3.8, 4) is 0 Å². The number of hydrogen-bond donors (Lipinski definition) is 1. The van der Waals surface area contributed by atoms with Gasteiger partial charge in [-0.05, 0) is 37.3 Å². The van der Waals surface area contributed by atoms with Crippen molar-refractivity contribution >= 4 is 29.2 Å². The van der Waals surface area contributed by atoms with E-state index in [4.69, 9.17) is 4.74 Å². The highest BCUT2D eigenvalue weighted by molar-refractivity contribution is 6.05. The second-order valence-corrected chi connectivity index (χ2v) is 5.88. The van der Waals surface area contributed by atoms with E-state index in [2.05, 4.69) is 15.3 Å². The molecule has 3 aromatic rings. The van der Waals surface area contributed by atoms with E-state index in [1.165, 1.54) is 19.5 Å². The summed E-state index contributed by atoms with van der Waals surface area (Å²) in [7, 11) is 1.33. The average molecular weight is 376 g/mol. The molecule has 1 amide bonds. The normalized spacial score (nSPS) is 10.2. The van der Waals surface area contributed by atoms with Gasteiger partial charge in [0.25, 0.3) is 5.91 Å². The van der Waals surface area contributed by atoms with Crippen molar-refractivity contribution in [2.75, 3.05) is 23.9 Å². The van der Waals surface area contributed by atoms with Crippen molar-refractivity contribution in [3.05, 3.63) is 78.1 Å². The summed E-state index contributed by atoms with van der Waals surface area (Å²) in [5.74, 6) is -0.277. The highest BCUT2D eigenvalue weighted by Crippen LogP contribution is 2.18. The smallest absolute Gasteiger partial charge is 0.337 e. The maximum absolute atomic E-state index is 12.8. The molecule has 0 fully saturated rings. The third-order valence-corrected chi connectivity index (χ3v) is 4.07. The number of rotatable bonds is 6. The minimum absolute atomic E-state index is 0.173. The lowest BCUT2D eigenvalue weighted by Gasteiger charge is -2.20. The third kappa shape index (κ3) is 4.32. The number of aromatic nitrogens is 2. The quantitative estimate of drug-likeness (QED) is 0.661. The lowest BCUT2D eigenvalue weighted by atomic mass is 10.2. The Hall–Kier alpha value is -3.74. The van der Waals surface area contributed by atoms with E-state index >= 15 is 0 Å². The largest absolute Gasteiger partial charge is 0.465 e. The molecule has 0 radical (unpaired) electrons. The first-order valence-electron chi connectivity index (χ1n) is 8.76. The van der Waals surface area contributed by atoms with Crippen molar-refractivity contribution in [2.45, 2.75) is 6.92 Å². The van der Waals surface area contributed by atoms with E-state index in [0.29, 0.717) is 29.3 Å². The first-order chi connectivity index (χ1) is 13.6. The summed E-state index contributed by atoms with van der Waals surface area (Å²) in [5.41, 5.74) is 2.26. The zero-order valence-electron chi connectivity index (χ0n) is 15.6. The molecule has 0 saturated heterocycles. The topological polar surface area (TPSA) is 84.4 Å². The van der Waals surface area contributed by atoms with Gasteiger partial charge in [-0.15, -0.1) is 0 Å². The highest BCUT2D eigenvalue weighted by Gasteiger charge is 2.17. The van der Waals surface area contributed by atoms with Gasteiger partial charge >= 0.3 is 5.97 Å². The van der Waals surface area contributed by atoms with Crippen LogP contribution in [0.15, 0.2) is 67.0 Å². The van der Waals surface area contributed by atoms with Gasteiger partial charge in [0.15, 0.2) is 0 Å². The molecule has 0 bridgehead atoms. The molecule has 0 spiro atoms.